The van der Waals surface area contributed by atoms with Crippen molar-refractivity contribution >= 4 is 0 Å². The molecule has 13 aromatic carbocycles. The Bertz CT molecular complexity index is 5210. The maximum atomic E-state index is 14.6. The van der Waals surface area contributed by atoms with E-state index in [1.54, 1.807) is 24.3 Å². The fourth-order valence-electron chi connectivity index (χ4n) is 14.3. The molecule has 7 radical (unpaired) electrons. The standard InChI is InChI=1S/C25H16F4.C19H25F2O2.C19H14F.C13H15F2O2.C13H12O.C13H11.7Y/c1-15-2-4-16(5-3-15)17-6-8-18(9-7-17)19-10-11-21(22(26)12-19)20-13-23(27)25(29)24(28)14-20;20-18-16(22)10-11-17(19(18)21)23-12-13-6-8-15(9-7-13)14-4-2-1-3-5-14;1-14-7-12-18(19(20)13-14)17-10-8-16(9-11-17)15-5-3-2-4-6-15;14-12-10(16)6-7-11(13(12)15)17-8-9-4-2-1-3-5-9;1-10-2-4-11(5-3-10)12-6-8-13(14)9-7-12;1-11-7-9-13(10-8-11)12-5-3-2-4-6-12;;;;;;;/h2-14H,1H3;1,10-11,13-15,22H,2-9,12H2;3-13H,1H3;1,6-7,9,16H,2-5,8H2;2-9,14H,1H3;3-10H,1H3;;;;;;;/q;3*-1;;-1;;;;;;;. The molecule has 0 atom stereocenters. The van der Waals surface area contributed by atoms with Gasteiger partial charge in [-0.05, 0) is 199 Å². The van der Waals surface area contributed by atoms with E-state index in [1.165, 1.54) is 96.2 Å². The van der Waals surface area contributed by atoms with E-state index in [1.807, 2.05) is 147 Å². The molecule has 0 unspecified atom stereocenters. The molecule has 0 amide bonds. The summed E-state index contributed by atoms with van der Waals surface area (Å²) in [5, 5.41) is 27.2. The molecule has 0 aliphatic heterocycles. The summed E-state index contributed by atoms with van der Waals surface area (Å²) >= 11 is 0. The van der Waals surface area contributed by atoms with Gasteiger partial charge in [-0.2, -0.15) is 104 Å². The van der Waals surface area contributed by atoms with Gasteiger partial charge in [0, 0.05) is 240 Å². The minimum atomic E-state index is -1.57. The predicted molar refractivity (Wildman–Crippen MR) is 447 cm³/mol. The first kappa shape index (κ1) is 111. The summed E-state index contributed by atoms with van der Waals surface area (Å²) in [6, 6.07) is 85.9. The minimum Gasteiger partial charge on any atom is -0.508 e. The number of hydrogen-bond donors (Lipinski definition) is 3. The van der Waals surface area contributed by atoms with Gasteiger partial charge in [-0.15, -0.1) is 11.1 Å². The third-order valence-electron chi connectivity index (χ3n) is 21.2. The second-order valence-corrected chi connectivity index (χ2v) is 29.6. The van der Waals surface area contributed by atoms with Crippen LogP contribution in [0.4, 0.5) is 39.5 Å². The number of halogens is 9. The summed E-state index contributed by atoms with van der Waals surface area (Å²) in [5.41, 5.74) is 16.8. The molecular formula is C102H93F9O5Y7-4. The maximum absolute atomic E-state index is 14.6. The van der Waals surface area contributed by atoms with Gasteiger partial charge in [-0.3, -0.25) is 0 Å². The van der Waals surface area contributed by atoms with Gasteiger partial charge in [0.2, 0.25) is 23.3 Å². The van der Waals surface area contributed by atoms with Gasteiger partial charge in [0.15, 0.2) is 40.4 Å². The molecule has 3 fully saturated rings. The fourth-order valence-corrected chi connectivity index (χ4v) is 14.3. The van der Waals surface area contributed by atoms with Crippen molar-refractivity contribution in [3.8, 4) is 107 Å². The van der Waals surface area contributed by atoms with Crippen molar-refractivity contribution in [2.75, 3.05) is 13.2 Å². The van der Waals surface area contributed by atoms with Crippen molar-refractivity contribution in [3.63, 3.8) is 0 Å². The van der Waals surface area contributed by atoms with E-state index >= 15 is 0 Å². The number of phenols is 3. The number of hydrogen-bond acceptors (Lipinski definition) is 5. The van der Waals surface area contributed by atoms with Gasteiger partial charge in [-0.25, -0.2) is 22.0 Å². The van der Waals surface area contributed by atoms with Crippen LogP contribution in [0.15, 0.2) is 267 Å². The predicted octanol–water partition coefficient (Wildman–Crippen LogP) is 28.3. The van der Waals surface area contributed by atoms with Gasteiger partial charge in [0.05, 0.1) is 13.2 Å². The molecule has 3 saturated carbocycles. The van der Waals surface area contributed by atoms with Gasteiger partial charge < -0.3 is 37.6 Å². The fraction of sp³-hybridized carbons (Fsp3) is 0.216. The summed E-state index contributed by atoms with van der Waals surface area (Å²) < 4.78 is 133. The average Bonchev–Trinajstić information content (AvgIpc) is 0.798. The first-order chi connectivity index (χ1) is 56.1. The third-order valence-corrected chi connectivity index (χ3v) is 21.2. The molecule has 0 heterocycles. The molecule has 3 N–H and O–H groups in total. The van der Waals surface area contributed by atoms with Gasteiger partial charge in [0.1, 0.15) is 17.4 Å². The van der Waals surface area contributed by atoms with Crippen molar-refractivity contribution < 1.29 is 293 Å². The monoisotopic (exact) mass is 2190 g/mol. The first-order valence-electron chi connectivity index (χ1n) is 39.2. The van der Waals surface area contributed by atoms with E-state index in [9.17, 15) is 39.5 Å². The zero-order chi connectivity index (χ0) is 82.0. The van der Waals surface area contributed by atoms with Gasteiger partial charge in [0.25, 0.3) is 0 Å². The first-order valence-corrected chi connectivity index (χ1v) is 39.2. The van der Waals surface area contributed by atoms with Gasteiger partial charge in [-0.1, -0.05) is 200 Å². The quantitative estimate of drug-likeness (QED) is 0.0574. The number of aromatic hydroxyl groups is 3. The third kappa shape index (κ3) is 34.0. The van der Waals surface area contributed by atoms with E-state index in [0.29, 0.717) is 41.9 Å². The van der Waals surface area contributed by atoms with E-state index in [4.69, 9.17) is 24.8 Å². The van der Waals surface area contributed by atoms with Crippen LogP contribution in [0.1, 0.15) is 99.3 Å². The summed E-state index contributed by atoms with van der Waals surface area (Å²) in [7, 11) is 0. The van der Waals surface area contributed by atoms with Crippen molar-refractivity contribution in [1.29, 1.82) is 0 Å². The van der Waals surface area contributed by atoms with E-state index < -0.39 is 58.0 Å². The number of benzene rings is 13. The molecular weight excluding hydrogens is 2100 g/mol. The van der Waals surface area contributed by atoms with Crippen LogP contribution < -0.4 is 9.47 Å². The number of aryl methyl sites for hydroxylation is 4. The Kier molecular flexibility index (Phi) is 51.7. The summed E-state index contributed by atoms with van der Waals surface area (Å²) in [6.45, 7) is 8.91. The van der Waals surface area contributed by atoms with Crippen LogP contribution in [0.3, 0.4) is 0 Å². The molecule has 3 aliphatic carbocycles. The minimum absolute atomic E-state index is 0. The van der Waals surface area contributed by atoms with Crippen LogP contribution >= 0.6 is 0 Å². The van der Waals surface area contributed by atoms with E-state index in [2.05, 4.69) is 99.5 Å². The smallest absolute Gasteiger partial charge is 0.204 e. The van der Waals surface area contributed by atoms with Crippen LogP contribution in [0.2, 0.25) is 0 Å². The molecule has 0 aromatic heterocycles. The number of rotatable bonds is 14. The number of phenolic OH excluding ortho intramolecular Hbond substituents is 3. The summed E-state index contributed by atoms with van der Waals surface area (Å²) in [6.07, 6.45) is 18.7. The van der Waals surface area contributed by atoms with E-state index in [0.717, 1.165) is 119 Å². The normalized spacial score (nSPS) is 13.7. The van der Waals surface area contributed by atoms with Crippen molar-refractivity contribution in [2.24, 2.45) is 23.7 Å². The molecule has 5 nitrogen and oxygen atoms in total. The molecule has 21 heteroatoms. The molecule has 0 saturated heterocycles. The largest absolute Gasteiger partial charge is 0.508 e. The molecule has 3 aliphatic rings. The molecule has 619 valence electrons. The Hall–Kier alpha value is -4.04. The number of ether oxygens (including phenoxy) is 2. The second-order valence-electron chi connectivity index (χ2n) is 29.6. The van der Waals surface area contributed by atoms with Crippen molar-refractivity contribution in [1.82, 2.24) is 0 Å². The molecule has 0 bridgehead atoms. The van der Waals surface area contributed by atoms with Gasteiger partial charge >= 0.3 is 0 Å². The Morgan fingerprint density at radius 3 is 0.959 bits per heavy atom. The second kappa shape index (κ2) is 57.2. The molecule has 16 rings (SSSR count). The topological polar surface area (TPSA) is 79.2 Å². The Balaban J connectivity index is 0.000000312. The van der Waals surface area contributed by atoms with Crippen LogP contribution in [0.5, 0.6) is 28.7 Å². The Labute approximate surface area is 895 Å². The van der Waals surface area contributed by atoms with Crippen molar-refractivity contribution in [3.05, 3.63) is 367 Å². The average molecular weight is 2190 g/mol. The SMILES string of the molecule is Cc1ccc(-c2cc[c-]cc2)cc1.Cc1ccc(-c2ccc(-c3cc[c-]cc3)cc2)c(F)c1.Cc1ccc(-c2ccc(-c3ccc(-c4cc(F)c(F)c(F)c4)c(F)c3)cc2)cc1.Cc1ccc(-c2ccc(O)cc2)cc1.Oc1ccc(OCC2CCC(C3CC[CH-]CC3)CC2)c(F)c1F.Oc1ccc(OCC2CC[CH-]CC2)c(F)c1F.[Y].[Y].[Y].[Y].[Y].[Y].[Y]. The summed E-state index contributed by atoms with van der Waals surface area (Å²) in [4.78, 5) is 0. The summed E-state index contributed by atoms with van der Waals surface area (Å²) in [5.74, 6) is -8.57. The van der Waals surface area contributed by atoms with Crippen LogP contribution in [-0.2, 0) is 229 Å². The molecule has 13 aromatic rings. The molecule has 123 heavy (non-hydrogen) atoms. The van der Waals surface area contributed by atoms with E-state index in [-0.39, 0.29) is 257 Å². The van der Waals surface area contributed by atoms with Crippen LogP contribution in [-0.4, -0.2) is 28.5 Å². The Morgan fingerprint density at radius 1 is 0.276 bits per heavy atom. The van der Waals surface area contributed by atoms with Crippen molar-refractivity contribution in [2.45, 2.75) is 105 Å². The Morgan fingerprint density at radius 2 is 0.569 bits per heavy atom. The molecule has 0 spiro atoms. The van der Waals surface area contributed by atoms with Crippen LogP contribution in [0.25, 0.3) is 77.9 Å². The van der Waals surface area contributed by atoms with Crippen LogP contribution in [0, 0.1) is 129 Å². The zero-order valence-corrected chi connectivity index (χ0v) is 89.2. The zero-order valence-electron chi connectivity index (χ0n) is 69.4. The maximum Gasteiger partial charge on any atom is 0.204 e.